The third-order valence-corrected chi connectivity index (χ3v) is 4.53. The molecule has 0 saturated carbocycles. The summed E-state index contributed by atoms with van der Waals surface area (Å²) in [5.41, 5.74) is 4.39. The summed E-state index contributed by atoms with van der Waals surface area (Å²) in [4.78, 5) is 11.9. The van der Waals surface area contributed by atoms with E-state index in [1.165, 1.54) is 11.1 Å². The normalized spacial score (nSPS) is 11.1. The molecule has 0 bridgehead atoms. The quantitative estimate of drug-likeness (QED) is 0.604. The third-order valence-electron chi connectivity index (χ3n) is 2.92. The highest BCUT2D eigenvalue weighted by molar-refractivity contribution is 14.1. The predicted octanol–water partition coefficient (Wildman–Crippen LogP) is 4.30. The fourth-order valence-corrected chi connectivity index (χ4v) is 3.18. The van der Waals surface area contributed by atoms with Gasteiger partial charge in [-0.3, -0.25) is 4.98 Å². The maximum absolute atomic E-state index is 4.42. The molecule has 0 spiro atoms. The number of pyridine rings is 2. The molecule has 0 fully saturated rings. The number of H-pyrrole nitrogens is 1. The molecule has 3 rings (SSSR count). The Labute approximate surface area is 126 Å². The van der Waals surface area contributed by atoms with Crippen LogP contribution in [0.25, 0.3) is 22.2 Å². The second-order valence-electron chi connectivity index (χ2n) is 4.01. The number of hydrogen-bond donors (Lipinski definition) is 1. The first kappa shape index (κ1) is 12.1. The van der Waals surface area contributed by atoms with Gasteiger partial charge in [0.2, 0.25) is 0 Å². The lowest BCUT2D eigenvalue weighted by atomic mass is 10.1. The van der Waals surface area contributed by atoms with E-state index in [4.69, 9.17) is 0 Å². The van der Waals surface area contributed by atoms with Crippen LogP contribution in [0.3, 0.4) is 0 Å². The predicted molar refractivity (Wildman–Crippen MR) is 84.5 cm³/mol. The monoisotopic (exact) mass is 413 g/mol. The van der Waals surface area contributed by atoms with Crippen molar-refractivity contribution < 1.29 is 0 Å². The van der Waals surface area contributed by atoms with E-state index in [1.807, 2.05) is 18.5 Å². The standard InChI is InChI=1S/C13H9BrIN3/c1-7-9(14)6-17-13-10(7)11(12(15)18-13)8-3-2-4-16-5-8/h2-6H,1H3,(H,17,18). The van der Waals surface area contributed by atoms with Crippen molar-refractivity contribution in [1.29, 1.82) is 0 Å². The summed E-state index contributed by atoms with van der Waals surface area (Å²) in [6, 6.07) is 4.02. The van der Waals surface area contributed by atoms with Crippen molar-refractivity contribution >= 4 is 49.6 Å². The lowest BCUT2D eigenvalue weighted by Crippen LogP contribution is -1.85. The molecule has 18 heavy (non-hydrogen) atoms. The average Bonchev–Trinajstić information content (AvgIpc) is 2.72. The molecule has 3 aromatic rings. The fraction of sp³-hybridized carbons (Fsp3) is 0.0769. The Balaban J connectivity index is 2.42. The molecule has 5 heteroatoms. The number of nitrogens with zero attached hydrogens (tertiary/aromatic N) is 2. The molecule has 0 atom stereocenters. The molecule has 0 aliphatic rings. The van der Waals surface area contributed by atoms with Gasteiger partial charge in [-0.1, -0.05) is 6.07 Å². The molecule has 3 nitrogen and oxygen atoms in total. The molecule has 3 heterocycles. The second kappa shape index (κ2) is 4.62. The Morgan fingerprint density at radius 1 is 1.33 bits per heavy atom. The lowest BCUT2D eigenvalue weighted by molar-refractivity contribution is 1.27. The third kappa shape index (κ3) is 1.85. The molecule has 0 aliphatic carbocycles. The van der Waals surface area contributed by atoms with Crippen molar-refractivity contribution in [1.82, 2.24) is 15.0 Å². The second-order valence-corrected chi connectivity index (χ2v) is 5.94. The summed E-state index contributed by atoms with van der Waals surface area (Å²) >= 11 is 5.84. The first-order chi connectivity index (χ1) is 8.68. The van der Waals surface area contributed by atoms with Crippen molar-refractivity contribution in [2.75, 3.05) is 0 Å². The molecular formula is C13H9BrIN3. The zero-order chi connectivity index (χ0) is 12.7. The van der Waals surface area contributed by atoms with E-state index in [1.54, 1.807) is 6.20 Å². The minimum Gasteiger partial charge on any atom is -0.334 e. The van der Waals surface area contributed by atoms with E-state index in [2.05, 4.69) is 66.5 Å². The number of fused-ring (bicyclic) bond motifs is 1. The van der Waals surface area contributed by atoms with Gasteiger partial charge in [-0.2, -0.15) is 0 Å². The van der Waals surface area contributed by atoms with Gasteiger partial charge in [-0.15, -0.1) is 0 Å². The van der Waals surface area contributed by atoms with E-state index in [9.17, 15) is 0 Å². The van der Waals surface area contributed by atoms with Crippen LogP contribution < -0.4 is 0 Å². The van der Waals surface area contributed by atoms with Crippen LogP contribution in [-0.4, -0.2) is 15.0 Å². The minimum atomic E-state index is 0.916. The van der Waals surface area contributed by atoms with Crippen molar-refractivity contribution in [2.45, 2.75) is 6.92 Å². The summed E-state index contributed by atoms with van der Waals surface area (Å²) < 4.78 is 2.11. The van der Waals surface area contributed by atoms with Crippen LogP contribution in [0.1, 0.15) is 5.56 Å². The van der Waals surface area contributed by atoms with Crippen molar-refractivity contribution in [3.8, 4) is 11.1 Å². The fourth-order valence-electron chi connectivity index (χ4n) is 2.04. The molecule has 0 aliphatic heterocycles. The number of aryl methyl sites for hydroxylation is 1. The van der Waals surface area contributed by atoms with Crippen LogP contribution in [0, 0.1) is 10.6 Å². The van der Waals surface area contributed by atoms with Gasteiger partial charge in [-0.05, 0) is 57.1 Å². The van der Waals surface area contributed by atoms with Crippen LogP contribution in [0.5, 0.6) is 0 Å². The molecule has 0 radical (unpaired) electrons. The molecule has 0 saturated heterocycles. The summed E-state index contributed by atoms with van der Waals surface area (Å²) in [5.74, 6) is 0. The summed E-state index contributed by atoms with van der Waals surface area (Å²) in [7, 11) is 0. The molecule has 1 N–H and O–H groups in total. The maximum atomic E-state index is 4.42. The summed E-state index contributed by atoms with van der Waals surface area (Å²) in [5, 5.41) is 1.15. The first-order valence-corrected chi connectivity index (χ1v) is 7.28. The van der Waals surface area contributed by atoms with Gasteiger partial charge in [0.25, 0.3) is 0 Å². The van der Waals surface area contributed by atoms with Gasteiger partial charge >= 0.3 is 0 Å². The number of aromatic amines is 1. The van der Waals surface area contributed by atoms with Crippen molar-refractivity contribution in [3.05, 3.63) is 44.5 Å². The Kier molecular flexibility index (Phi) is 3.11. The molecule has 0 amide bonds. The molecule has 0 unspecified atom stereocenters. The van der Waals surface area contributed by atoms with Gasteiger partial charge in [0.1, 0.15) is 5.65 Å². The van der Waals surface area contributed by atoms with Crippen molar-refractivity contribution in [3.63, 3.8) is 0 Å². The zero-order valence-electron chi connectivity index (χ0n) is 9.54. The largest absolute Gasteiger partial charge is 0.334 e. The number of nitrogens with one attached hydrogen (secondary N) is 1. The number of hydrogen-bond acceptors (Lipinski definition) is 2. The Hall–Kier alpha value is -0.950. The lowest BCUT2D eigenvalue weighted by Gasteiger charge is -2.03. The maximum Gasteiger partial charge on any atom is 0.139 e. The van der Waals surface area contributed by atoms with E-state index in [0.29, 0.717) is 0 Å². The topological polar surface area (TPSA) is 41.6 Å². The number of aromatic nitrogens is 3. The Morgan fingerprint density at radius 3 is 2.89 bits per heavy atom. The van der Waals surface area contributed by atoms with Crippen LogP contribution >= 0.6 is 38.5 Å². The van der Waals surface area contributed by atoms with Gasteiger partial charge in [0.15, 0.2) is 0 Å². The van der Waals surface area contributed by atoms with Crippen molar-refractivity contribution in [2.24, 2.45) is 0 Å². The van der Waals surface area contributed by atoms with Gasteiger partial charge in [-0.25, -0.2) is 4.98 Å². The van der Waals surface area contributed by atoms with E-state index < -0.39 is 0 Å². The van der Waals surface area contributed by atoms with Gasteiger partial charge in [0, 0.05) is 39.6 Å². The van der Waals surface area contributed by atoms with E-state index in [0.717, 1.165) is 24.8 Å². The Bertz CT molecular complexity index is 722. The molecule has 0 aromatic carbocycles. The smallest absolute Gasteiger partial charge is 0.139 e. The highest BCUT2D eigenvalue weighted by Crippen LogP contribution is 2.36. The van der Waals surface area contributed by atoms with E-state index in [-0.39, 0.29) is 0 Å². The average molecular weight is 414 g/mol. The number of halogens is 2. The Morgan fingerprint density at radius 2 is 2.17 bits per heavy atom. The van der Waals surface area contributed by atoms with Crippen LogP contribution in [0.4, 0.5) is 0 Å². The van der Waals surface area contributed by atoms with Gasteiger partial charge in [0.05, 0.1) is 3.70 Å². The SMILES string of the molecule is Cc1c(Br)cnc2[nH]c(I)c(-c3cccnc3)c12. The van der Waals surface area contributed by atoms with Gasteiger partial charge < -0.3 is 4.98 Å². The van der Waals surface area contributed by atoms with Crippen LogP contribution in [0.15, 0.2) is 35.2 Å². The molecule has 90 valence electrons. The zero-order valence-corrected chi connectivity index (χ0v) is 13.3. The first-order valence-electron chi connectivity index (χ1n) is 5.41. The highest BCUT2D eigenvalue weighted by Gasteiger charge is 2.15. The highest BCUT2D eigenvalue weighted by atomic mass is 127. The van der Waals surface area contributed by atoms with Crippen LogP contribution in [0.2, 0.25) is 0 Å². The minimum absolute atomic E-state index is 0.916. The summed E-state index contributed by atoms with van der Waals surface area (Å²) in [6.07, 6.45) is 5.49. The van der Waals surface area contributed by atoms with E-state index >= 15 is 0 Å². The molecular weight excluding hydrogens is 405 g/mol. The molecule has 3 aromatic heterocycles. The summed E-state index contributed by atoms with van der Waals surface area (Å²) in [6.45, 7) is 2.10. The van der Waals surface area contributed by atoms with Crippen LogP contribution in [-0.2, 0) is 0 Å². The number of rotatable bonds is 1.